The van der Waals surface area contributed by atoms with Gasteiger partial charge in [0.2, 0.25) is 0 Å². The first kappa shape index (κ1) is 11.8. The first-order valence-corrected chi connectivity index (χ1v) is 5.39. The Bertz CT molecular complexity index is 495. The van der Waals surface area contributed by atoms with E-state index in [-0.39, 0.29) is 11.9 Å². The van der Waals surface area contributed by atoms with Gasteiger partial charge in [-0.1, -0.05) is 18.2 Å². The summed E-state index contributed by atoms with van der Waals surface area (Å²) in [5.74, 6) is 6.08. The number of nitrogens with zero attached hydrogens (tertiary/aromatic N) is 2. The fraction of sp³-hybridized carbons (Fsp3) is 0.250. The smallest absolute Gasteiger partial charge is 0.128 e. The number of nitrogens with one attached hydrogen (secondary N) is 1. The molecule has 0 radical (unpaired) electrons. The monoisotopic (exact) mass is 234 g/mol. The predicted molar refractivity (Wildman–Crippen MR) is 63.4 cm³/mol. The van der Waals surface area contributed by atoms with Gasteiger partial charge in [-0.15, -0.1) is 0 Å². The zero-order valence-electron chi connectivity index (χ0n) is 9.60. The van der Waals surface area contributed by atoms with Crippen molar-refractivity contribution in [2.75, 3.05) is 0 Å². The average molecular weight is 234 g/mol. The molecule has 90 valence electrons. The summed E-state index contributed by atoms with van der Waals surface area (Å²) in [6.45, 7) is 0. The third-order valence-electron chi connectivity index (χ3n) is 2.79. The Morgan fingerprint density at radius 1 is 1.47 bits per heavy atom. The van der Waals surface area contributed by atoms with E-state index in [4.69, 9.17) is 5.84 Å². The van der Waals surface area contributed by atoms with Crippen molar-refractivity contribution in [1.29, 1.82) is 0 Å². The summed E-state index contributed by atoms with van der Waals surface area (Å²) < 4.78 is 15.5. The highest BCUT2D eigenvalue weighted by molar-refractivity contribution is 5.22. The van der Waals surface area contributed by atoms with E-state index in [1.165, 1.54) is 6.07 Å². The van der Waals surface area contributed by atoms with Gasteiger partial charge in [0.15, 0.2) is 0 Å². The fourth-order valence-electron chi connectivity index (χ4n) is 1.79. The van der Waals surface area contributed by atoms with Crippen molar-refractivity contribution >= 4 is 0 Å². The highest BCUT2D eigenvalue weighted by Gasteiger charge is 2.16. The first-order chi connectivity index (χ1) is 8.22. The summed E-state index contributed by atoms with van der Waals surface area (Å²) in [6.07, 6.45) is 4.11. The Hall–Kier alpha value is -1.72. The molecule has 4 nitrogen and oxygen atoms in total. The number of hydrazine groups is 1. The molecule has 0 amide bonds. The van der Waals surface area contributed by atoms with Crippen molar-refractivity contribution in [1.82, 2.24) is 15.0 Å². The Morgan fingerprint density at radius 3 is 2.82 bits per heavy atom. The molecular formula is C12H15FN4. The molecule has 0 fully saturated rings. The van der Waals surface area contributed by atoms with Crippen molar-refractivity contribution in [2.24, 2.45) is 12.9 Å². The summed E-state index contributed by atoms with van der Waals surface area (Å²) in [4.78, 5) is 4.20. The van der Waals surface area contributed by atoms with Gasteiger partial charge in [0, 0.05) is 31.4 Å². The second-order valence-electron chi connectivity index (χ2n) is 3.90. The van der Waals surface area contributed by atoms with Crippen molar-refractivity contribution in [3.8, 4) is 0 Å². The lowest BCUT2D eigenvalue weighted by Gasteiger charge is -2.16. The second-order valence-corrected chi connectivity index (χ2v) is 3.90. The molecule has 5 heteroatoms. The van der Waals surface area contributed by atoms with Crippen LogP contribution in [-0.2, 0) is 13.5 Å². The first-order valence-electron chi connectivity index (χ1n) is 5.39. The Kier molecular flexibility index (Phi) is 3.51. The number of halogens is 1. The van der Waals surface area contributed by atoms with Gasteiger partial charge in [-0.05, 0) is 6.07 Å². The van der Waals surface area contributed by atoms with Crippen molar-refractivity contribution < 1.29 is 4.39 Å². The standard InChI is InChI=1S/C12H15FN4/c1-17-7-6-15-12(17)8-11(16-14)9-4-2-3-5-10(9)13/h2-7,11,16H,8,14H2,1H3. The maximum absolute atomic E-state index is 13.6. The zero-order chi connectivity index (χ0) is 12.3. The van der Waals surface area contributed by atoms with Crippen molar-refractivity contribution in [2.45, 2.75) is 12.5 Å². The van der Waals surface area contributed by atoms with Crippen LogP contribution in [0.4, 0.5) is 4.39 Å². The Balaban J connectivity index is 2.23. The van der Waals surface area contributed by atoms with Crippen LogP contribution in [0.2, 0.25) is 0 Å². The molecule has 0 aliphatic carbocycles. The van der Waals surface area contributed by atoms with Crippen LogP contribution in [0.25, 0.3) is 0 Å². The molecule has 3 N–H and O–H groups in total. The van der Waals surface area contributed by atoms with Crippen LogP contribution in [0.15, 0.2) is 36.7 Å². The van der Waals surface area contributed by atoms with E-state index in [9.17, 15) is 4.39 Å². The van der Waals surface area contributed by atoms with Gasteiger partial charge in [0.05, 0.1) is 6.04 Å². The van der Waals surface area contributed by atoms with E-state index < -0.39 is 0 Å². The molecular weight excluding hydrogens is 219 g/mol. The topological polar surface area (TPSA) is 55.9 Å². The molecule has 1 unspecified atom stereocenters. The molecule has 0 aliphatic heterocycles. The van der Waals surface area contributed by atoms with E-state index in [0.29, 0.717) is 12.0 Å². The highest BCUT2D eigenvalue weighted by Crippen LogP contribution is 2.19. The normalized spacial score (nSPS) is 12.6. The molecule has 2 aromatic rings. The third kappa shape index (κ3) is 2.51. The van der Waals surface area contributed by atoms with Crippen LogP contribution >= 0.6 is 0 Å². The number of rotatable bonds is 4. The maximum atomic E-state index is 13.6. The summed E-state index contributed by atoms with van der Waals surface area (Å²) in [5.41, 5.74) is 3.19. The number of hydrogen-bond acceptors (Lipinski definition) is 3. The van der Waals surface area contributed by atoms with Gasteiger partial charge in [-0.25, -0.2) is 9.37 Å². The van der Waals surface area contributed by atoms with Crippen LogP contribution in [-0.4, -0.2) is 9.55 Å². The number of benzene rings is 1. The predicted octanol–water partition coefficient (Wildman–Crippen LogP) is 1.31. The lowest BCUT2D eigenvalue weighted by molar-refractivity contribution is 0.497. The number of imidazole rings is 1. The van der Waals surface area contributed by atoms with Gasteiger partial charge in [-0.2, -0.15) is 0 Å². The van der Waals surface area contributed by atoms with Crippen LogP contribution in [0, 0.1) is 5.82 Å². The number of aromatic nitrogens is 2. The summed E-state index contributed by atoms with van der Waals surface area (Å²) >= 11 is 0. The molecule has 1 aromatic carbocycles. The lowest BCUT2D eigenvalue weighted by atomic mass is 10.0. The summed E-state index contributed by atoms with van der Waals surface area (Å²) in [6, 6.07) is 6.33. The molecule has 0 saturated heterocycles. The summed E-state index contributed by atoms with van der Waals surface area (Å²) in [5, 5.41) is 0. The minimum Gasteiger partial charge on any atom is -0.338 e. The van der Waals surface area contributed by atoms with Gasteiger partial charge in [0.25, 0.3) is 0 Å². The maximum Gasteiger partial charge on any atom is 0.128 e. The molecule has 17 heavy (non-hydrogen) atoms. The van der Waals surface area contributed by atoms with Crippen LogP contribution in [0.3, 0.4) is 0 Å². The molecule has 2 rings (SSSR count). The SMILES string of the molecule is Cn1ccnc1CC(NN)c1ccccc1F. The molecule has 0 aliphatic rings. The van der Waals surface area contributed by atoms with Gasteiger partial charge >= 0.3 is 0 Å². The van der Waals surface area contributed by atoms with Gasteiger partial charge in [-0.3, -0.25) is 11.3 Å². The molecule has 0 bridgehead atoms. The van der Waals surface area contributed by atoms with Gasteiger partial charge < -0.3 is 4.57 Å². The second kappa shape index (κ2) is 5.07. The quantitative estimate of drug-likeness (QED) is 0.619. The molecule has 0 spiro atoms. The molecule has 0 saturated carbocycles. The number of hydrogen-bond donors (Lipinski definition) is 2. The number of nitrogens with two attached hydrogens (primary N) is 1. The van der Waals surface area contributed by atoms with E-state index in [1.54, 1.807) is 24.4 Å². The van der Waals surface area contributed by atoms with E-state index >= 15 is 0 Å². The van der Waals surface area contributed by atoms with Crippen molar-refractivity contribution in [3.05, 3.63) is 53.9 Å². The lowest BCUT2D eigenvalue weighted by Crippen LogP contribution is -2.31. The zero-order valence-corrected chi connectivity index (χ0v) is 9.60. The third-order valence-corrected chi connectivity index (χ3v) is 2.79. The molecule has 1 aromatic heterocycles. The Morgan fingerprint density at radius 2 is 2.24 bits per heavy atom. The minimum absolute atomic E-state index is 0.260. The minimum atomic E-state index is -0.280. The van der Waals surface area contributed by atoms with Gasteiger partial charge in [0.1, 0.15) is 11.6 Å². The largest absolute Gasteiger partial charge is 0.338 e. The molecule has 1 atom stereocenters. The summed E-state index contributed by atoms with van der Waals surface area (Å²) in [7, 11) is 1.90. The Labute approximate surface area is 99.2 Å². The highest BCUT2D eigenvalue weighted by atomic mass is 19.1. The van der Waals surface area contributed by atoms with E-state index in [1.807, 2.05) is 17.8 Å². The van der Waals surface area contributed by atoms with Crippen LogP contribution in [0.1, 0.15) is 17.4 Å². The molecule has 1 heterocycles. The number of aryl methyl sites for hydroxylation is 1. The van der Waals surface area contributed by atoms with Crippen LogP contribution in [0.5, 0.6) is 0 Å². The average Bonchev–Trinajstić information content (AvgIpc) is 2.73. The van der Waals surface area contributed by atoms with Crippen molar-refractivity contribution in [3.63, 3.8) is 0 Å². The van der Waals surface area contributed by atoms with E-state index in [2.05, 4.69) is 10.4 Å². The van der Waals surface area contributed by atoms with Crippen LogP contribution < -0.4 is 11.3 Å². The van der Waals surface area contributed by atoms with E-state index in [0.717, 1.165) is 5.82 Å². The fourth-order valence-corrected chi connectivity index (χ4v) is 1.79.